The van der Waals surface area contributed by atoms with E-state index in [-0.39, 0.29) is 18.3 Å². The molecule has 0 spiro atoms. The Morgan fingerprint density at radius 2 is 1.88 bits per heavy atom. The van der Waals surface area contributed by atoms with Gasteiger partial charge in [0, 0.05) is 38.4 Å². The van der Waals surface area contributed by atoms with Crippen molar-refractivity contribution in [2.75, 3.05) is 43.2 Å². The molecule has 0 amide bonds. The first-order valence-electron chi connectivity index (χ1n) is 10.8. The van der Waals surface area contributed by atoms with E-state index < -0.39 is 4.92 Å². The Labute approximate surface area is 190 Å². The van der Waals surface area contributed by atoms with Gasteiger partial charge in [-0.25, -0.2) is 9.97 Å². The number of ether oxygens (including phenoxy) is 2. The van der Waals surface area contributed by atoms with Gasteiger partial charge in [-0.15, -0.1) is 0 Å². The highest BCUT2D eigenvalue weighted by molar-refractivity contribution is 5.74. The summed E-state index contributed by atoms with van der Waals surface area (Å²) in [5.74, 6) is 2.08. The first-order chi connectivity index (χ1) is 16.1. The zero-order chi connectivity index (χ0) is 22.8. The quantitative estimate of drug-likeness (QED) is 0.448. The van der Waals surface area contributed by atoms with Gasteiger partial charge in [0.15, 0.2) is 11.5 Å². The van der Waals surface area contributed by atoms with Crippen molar-refractivity contribution in [3.8, 4) is 11.5 Å². The molecule has 0 radical (unpaired) electrons. The molecule has 2 aliphatic heterocycles. The molecular weight excluding hydrogens is 424 g/mol. The average molecular weight is 448 g/mol. The third-order valence-corrected chi connectivity index (χ3v) is 5.78. The molecule has 1 N–H and O–H groups in total. The summed E-state index contributed by atoms with van der Waals surface area (Å²) in [6.07, 6.45) is 1.37. The van der Waals surface area contributed by atoms with Crippen LogP contribution in [0, 0.1) is 17.0 Å². The van der Waals surface area contributed by atoms with E-state index in [1.807, 2.05) is 54.3 Å². The van der Waals surface area contributed by atoms with Crippen LogP contribution in [0.2, 0.25) is 0 Å². The zero-order valence-electron chi connectivity index (χ0n) is 18.2. The van der Waals surface area contributed by atoms with Crippen molar-refractivity contribution in [2.45, 2.75) is 13.5 Å². The predicted octanol–water partition coefficient (Wildman–Crippen LogP) is 3.49. The highest BCUT2D eigenvalue weighted by atomic mass is 16.7. The Kier molecular flexibility index (Phi) is 5.66. The molecule has 10 heteroatoms. The summed E-state index contributed by atoms with van der Waals surface area (Å²) in [6.45, 7) is 5.78. The van der Waals surface area contributed by atoms with Crippen LogP contribution in [0.3, 0.4) is 0 Å². The molecule has 0 atom stereocenters. The zero-order valence-corrected chi connectivity index (χ0v) is 18.2. The molecule has 5 rings (SSSR count). The molecule has 170 valence electrons. The SMILES string of the molecule is Cc1cccc(Nc2ncnc(N3CCN(Cc4ccc5c(c4)OCO5)CC3)c2[N+](=O)[O-])c1. The van der Waals surface area contributed by atoms with Crippen molar-refractivity contribution in [1.29, 1.82) is 0 Å². The maximum atomic E-state index is 12.0. The lowest BCUT2D eigenvalue weighted by Gasteiger charge is -2.35. The van der Waals surface area contributed by atoms with Gasteiger partial charge in [-0.1, -0.05) is 18.2 Å². The van der Waals surface area contributed by atoms with Crippen molar-refractivity contribution in [2.24, 2.45) is 0 Å². The van der Waals surface area contributed by atoms with Gasteiger partial charge in [-0.05, 0) is 42.3 Å². The number of hydrogen-bond donors (Lipinski definition) is 1. The maximum Gasteiger partial charge on any atom is 0.353 e. The second kappa shape index (κ2) is 8.91. The Morgan fingerprint density at radius 1 is 1.06 bits per heavy atom. The largest absolute Gasteiger partial charge is 0.454 e. The molecule has 10 nitrogen and oxygen atoms in total. The summed E-state index contributed by atoms with van der Waals surface area (Å²) < 4.78 is 10.8. The molecule has 1 aromatic heterocycles. The van der Waals surface area contributed by atoms with Crippen LogP contribution in [0.5, 0.6) is 11.5 Å². The van der Waals surface area contributed by atoms with E-state index in [0.717, 1.165) is 47.9 Å². The number of fused-ring (bicyclic) bond motifs is 1. The minimum Gasteiger partial charge on any atom is -0.454 e. The number of anilines is 3. The monoisotopic (exact) mass is 448 g/mol. The molecule has 2 aliphatic rings. The molecule has 2 aromatic carbocycles. The van der Waals surface area contributed by atoms with E-state index >= 15 is 0 Å². The summed E-state index contributed by atoms with van der Waals surface area (Å²) in [7, 11) is 0. The topological polar surface area (TPSA) is 106 Å². The summed E-state index contributed by atoms with van der Waals surface area (Å²) in [5.41, 5.74) is 2.83. The van der Waals surface area contributed by atoms with E-state index in [0.29, 0.717) is 18.9 Å². The lowest BCUT2D eigenvalue weighted by Crippen LogP contribution is -2.46. The number of piperazine rings is 1. The van der Waals surface area contributed by atoms with E-state index in [9.17, 15) is 10.1 Å². The second-order valence-corrected chi connectivity index (χ2v) is 8.10. The van der Waals surface area contributed by atoms with Crippen LogP contribution in [-0.4, -0.2) is 52.8 Å². The van der Waals surface area contributed by atoms with Gasteiger partial charge in [-0.2, -0.15) is 0 Å². The molecule has 0 saturated carbocycles. The molecule has 0 unspecified atom stereocenters. The van der Waals surface area contributed by atoms with E-state index in [2.05, 4.69) is 20.2 Å². The fraction of sp³-hybridized carbons (Fsp3) is 0.304. The molecule has 1 saturated heterocycles. The number of rotatable bonds is 6. The number of aromatic nitrogens is 2. The number of hydrogen-bond acceptors (Lipinski definition) is 9. The van der Waals surface area contributed by atoms with Crippen LogP contribution in [0.1, 0.15) is 11.1 Å². The number of nitrogens with zero attached hydrogens (tertiary/aromatic N) is 5. The summed E-state index contributed by atoms with van der Waals surface area (Å²) >= 11 is 0. The normalized spacial score (nSPS) is 15.5. The highest BCUT2D eigenvalue weighted by Gasteiger charge is 2.29. The Bertz CT molecular complexity index is 1180. The van der Waals surface area contributed by atoms with Crippen LogP contribution < -0.4 is 19.7 Å². The van der Waals surface area contributed by atoms with Gasteiger partial charge in [0.05, 0.1) is 4.92 Å². The standard InChI is InChI=1S/C23H24N6O4/c1-16-3-2-4-18(11-16)26-22-21(29(30)31)23(25-14-24-22)28-9-7-27(8-10-28)13-17-5-6-19-20(12-17)33-15-32-19/h2-6,11-12,14H,7-10,13,15H2,1H3,(H,24,25,26). The molecule has 0 bridgehead atoms. The Morgan fingerprint density at radius 3 is 2.67 bits per heavy atom. The Hall–Kier alpha value is -3.92. The second-order valence-electron chi connectivity index (χ2n) is 8.10. The third-order valence-electron chi connectivity index (χ3n) is 5.78. The van der Waals surface area contributed by atoms with Crippen LogP contribution >= 0.6 is 0 Å². The van der Waals surface area contributed by atoms with Crippen molar-refractivity contribution >= 4 is 23.0 Å². The molecule has 1 fully saturated rings. The van der Waals surface area contributed by atoms with Crippen molar-refractivity contribution in [1.82, 2.24) is 14.9 Å². The maximum absolute atomic E-state index is 12.0. The molecule has 3 heterocycles. The minimum absolute atomic E-state index is 0.108. The first kappa shape index (κ1) is 21.0. The van der Waals surface area contributed by atoms with Crippen LogP contribution in [0.4, 0.5) is 23.0 Å². The van der Waals surface area contributed by atoms with E-state index in [1.54, 1.807) is 0 Å². The Balaban J connectivity index is 1.29. The number of nitrogens with one attached hydrogen (secondary N) is 1. The van der Waals surface area contributed by atoms with Crippen molar-refractivity contribution < 1.29 is 14.4 Å². The first-order valence-corrected chi connectivity index (χ1v) is 10.8. The van der Waals surface area contributed by atoms with Crippen LogP contribution in [-0.2, 0) is 6.54 Å². The van der Waals surface area contributed by atoms with Gasteiger partial charge in [-0.3, -0.25) is 15.0 Å². The summed E-state index contributed by atoms with van der Waals surface area (Å²) in [6, 6.07) is 13.6. The van der Waals surface area contributed by atoms with Gasteiger partial charge >= 0.3 is 5.69 Å². The molecule has 3 aromatic rings. The van der Waals surface area contributed by atoms with Crippen molar-refractivity contribution in [3.05, 3.63) is 70.0 Å². The van der Waals surface area contributed by atoms with Crippen LogP contribution in [0.15, 0.2) is 48.8 Å². The van der Waals surface area contributed by atoms with E-state index in [4.69, 9.17) is 9.47 Å². The van der Waals surface area contributed by atoms with E-state index in [1.165, 1.54) is 6.33 Å². The smallest absolute Gasteiger partial charge is 0.353 e. The van der Waals surface area contributed by atoms with Gasteiger partial charge < -0.3 is 19.7 Å². The minimum atomic E-state index is -0.410. The third kappa shape index (κ3) is 4.51. The summed E-state index contributed by atoms with van der Waals surface area (Å²) in [5, 5.41) is 15.1. The van der Waals surface area contributed by atoms with Gasteiger partial charge in [0.1, 0.15) is 6.33 Å². The fourth-order valence-electron chi connectivity index (χ4n) is 4.14. The highest BCUT2D eigenvalue weighted by Crippen LogP contribution is 2.35. The van der Waals surface area contributed by atoms with Crippen molar-refractivity contribution in [3.63, 3.8) is 0 Å². The molecular formula is C23H24N6O4. The lowest BCUT2D eigenvalue weighted by atomic mass is 10.1. The fourth-order valence-corrected chi connectivity index (χ4v) is 4.14. The van der Waals surface area contributed by atoms with Gasteiger partial charge in [0.2, 0.25) is 18.4 Å². The lowest BCUT2D eigenvalue weighted by molar-refractivity contribution is -0.383. The van der Waals surface area contributed by atoms with Gasteiger partial charge in [0.25, 0.3) is 0 Å². The molecule has 33 heavy (non-hydrogen) atoms. The number of benzene rings is 2. The average Bonchev–Trinajstić information content (AvgIpc) is 3.27. The van der Waals surface area contributed by atoms with Crippen LogP contribution in [0.25, 0.3) is 0 Å². The number of aryl methyl sites for hydroxylation is 1. The number of nitro groups is 1. The summed E-state index contributed by atoms with van der Waals surface area (Å²) in [4.78, 5) is 24.3. The predicted molar refractivity (Wildman–Crippen MR) is 123 cm³/mol. The molecule has 0 aliphatic carbocycles.